The van der Waals surface area contributed by atoms with Gasteiger partial charge in [-0.1, -0.05) is 34.6 Å². The lowest BCUT2D eigenvalue weighted by molar-refractivity contribution is -0.126. The van der Waals surface area contributed by atoms with Gasteiger partial charge in [-0.3, -0.25) is 9.59 Å². The fourth-order valence-corrected chi connectivity index (χ4v) is 1.65. The molecule has 2 rings (SSSR count). The van der Waals surface area contributed by atoms with Gasteiger partial charge in [-0.2, -0.15) is 0 Å². The zero-order chi connectivity index (χ0) is 15.1. The lowest BCUT2D eigenvalue weighted by Crippen LogP contribution is -2.34. The second-order valence-corrected chi connectivity index (χ2v) is 4.14. The molecule has 0 radical (unpaired) electrons. The van der Waals surface area contributed by atoms with Crippen molar-refractivity contribution in [1.29, 1.82) is 0 Å². The standard InChI is InChI=1S/C6H11NO.C5H9NO.2C2H6/c1-5-3-2-4-7-6(5)8;7-5-3-1-2-4-6-5;2*1-2/h5H,2-4H2,1H3,(H,7,8);1-4H2,(H,6,7);2*1-2H3. The second kappa shape index (κ2) is 15.0. The minimum atomic E-state index is 0.214. The van der Waals surface area contributed by atoms with Crippen LogP contribution in [0, 0.1) is 5.92 Å². The van der Waals surface area contributed by atoms with Crippen LogP contribution in [-0.4, -0.2) is 24.9 Å². The van der Waals surface area contributed by atoms with E-state index in [0.29, 0.717) is 0 Å². The summed E-state index contributed by atoms with van der Waals surface area (Å²) in [6.45, 7) is 11.7. The van der Waals surface area contributed by atoms with Crippen LogP contribution in [0.2, 0.25) is 0 Å². The van der Waals surface area contributed by atoms with Crippen LogP contribution in [0.5, 0.6) is 0 Å². The maximum Gasteiger partial charge on any atom is 0.222 e. The Kier molecular flexibility index (Phi) is 16.0. The third-order valence-corrected chi connectivity index (χ3v) is 2.71. The molecule has 2 aliphatic rings. The molecular formula is C15H32N2O2. The van der Waals surface area contributed by atoms with Gasteiger partial charge in [0.1, 0.15) is 0 Å². The van der Waals surface area contributed by atoms with Gasteiger partial charge in [0, 0.05) is 25.4 Å². The van der Waals surface area contributed by atoms with Crippen molar-refractivity contribution >= 4 is 11.8 Å². The van der Waals surface area contributed by atoms with Gasteiger partial charge >= 0.3 is 0 Å². The molecule has 2 fully saturated rings. The van der Waals surface area contributed by atoms with Crippen molar-refractivity contribution in [2.75, 3.05) is 13.1 Å². The van der Waals surface area contributed by atoms with Crippen molar-refractivity contribution < 1.29 is 9.59 Å². The van der Waals surface area contributed by atoms with Crippen molar-refractivity contribution in [2.24, 2.45) is 5.92 Å². The highest BCUT2D eigenvalue weighted by molar-refractivity contribution is 5.78. The summed E-state index contributed by atoms with van der Waals surface area (Å²) in [6.07, 6.45) is 5.18. The van der Waals surface area contributed by atoms with E-state index in [0.717, 1.165) is 45.2 Å². The molecule has 2 heterocycles. The quantitative estimate of drug-likeness (QED) is 0.712. The first-order chi connectivity index (χ1) is 9.20. The summed E-state index contributed by atoms with van der Waals surface area (Å²) >= 11 is 0. The molecule has 4 nitrogen and oxygen atoms in total. The zero-order valence-corrected chi connectivity index (χ0v) is 13.3. The van der Waals surface area contributed by atoms with Gasteiger partial charge in [0.05, 0.1) is 0 Å². The molecule has 2 N–H and O–H groups in total. The predicted molar refractivity (Wildman–Crippen MR) is 81.0 cm³/mol. The summed E-state index contributed by atoms with van der Waals surface area (Å²) in [6, 6.07) is 0. The van der Waals surface area contributed by atoms with Gasteiger partial charge in [-0.15, -0.1) is 0 Å². The first-order valence-corrected chi connectivity index (χ1v) is 7.74. The van der Waals surface area contributed by atoms with Crippen LogP contribution < -0.4 is 10.6 Å². The first-order valence-electron chi connectivity index (χ1n) is 7.74. The summed E-state index contributed by atoms with van der Waals surface area (Å²) in [4.78, 5) is 21.0. The molecule has 0 aromatic rings. The van der Waals surface area contributed by atoms with E-state index in [4.69, 9.17) is 0 Å². The van der Waals surface area contributed by atoms with Crippen LogP contribution in [0.4, 0.5) is 0 Å². The highest BCUT2D eigenvalue weighted by Gasteiger charge is 2.15. The van der Waals surface area contributed by atoms with Crippen LogP contribution in [0.25, 0.3) is 0 Å². The smallest absolute Gasteiger partial charge is 0.222 e. The Morgan fingerprint density at radius 1 is 0.895 bits per heavy atom. The number of nitrogens with one attached hydrogen (secondary N) is 2. The fourth-order valence-electron chi connectivity index (χ4n) is 1.65. The molecule has 2 saturated heterocycles. The van der Waals surface area contributed by atoms with Crippen LogP contribution in [0.3, 0.4) is 0 Å². The average molecular weight is 272 g/mol. The first kappa shape index (κ1) is 20.3. The molecule has 2 aliphatic heterocycles. The SMILES string of the molecule is CC.CC.CC1CCCNC1=O.O=C1CCCCN1. The maximum absolute atomic E-state index is 10.7. The Balaban J connectivity index is 0. The summed E-state index contributed by atoms with van der Waals surface area (Å²) in [5.74, 6) is 0.686. The van der Waals surface area contributed by atoms with Crippen molar-refractivity contribution in [3.63, 3.8) is 0 Å². The monoisotopic (exact) mass is 272 g/mol. The topological polar surface area (TPSA) is 58.2 Å². The summed E-state index contributed by atoms with van der Waals surface area (Å²) in [5, 5.41) is 5.54. The summed E-state index contributed by atoms with van der Waals surface area (Å²) in [5.41, 5.74) is 0. The number of hydrogen-bond acceptors (Lipinski definition) is 2. The number of piperidine rings is 2. The summed E-state index contributed by atoms with van der Waals surface area (Å²) < 4.78 is 0. The van der Waals surface area contributed by atoms with Crippen LogP contribution >= 0.6 is 0 Å². The van der Waals surface area contributed by atoms with Crippen LogP contribution in [0.1, 0.15) is 66.7 Å². The van der Waals surface area contributed by atoms with Gasteiger partial charge in [-0.25, -0.2) is 0 Å². The Bertz CT molecular complexity index is 222. The van der Waals surface area contributed by atoms with Crippen molar-refractivity contribution in [3.05, 3.63) is 0 Å². The molecule has 0 saturated carbocycles. The molecule has 0 aliphatic carbocycles. The fraction of sp³-hybridized carbons (Fsp3) is 0.867. The molecule has 4 heteroatoms. The number of amides is 2. The lowest BCUT2D eigenvalue weighted by Gasteiger charge is -2.16. The molecule has 0 spiro atoms. The molecule has 19 heavy (non-hydrogen) atoms. The molecule has 114 valence electrons. The molecule has 1 unspecified atom stereocenters. The van der Waals surface area contributed by atoms with E-state index < -0.39 is 0 Å². The zero-order valence-electron chi connectivity index (χ0n) is 13.3. The van der Waals surface area contributed by atoms with Gasteiger partial charge in [0.2, 0.25) is 11.8 Å². The third-order valence-electron chi connectivity index (χ3n) is 2.71. The van der Waals surface area contributed by atoms with Crippen LogP contribution in [0.15, 0.2) is 0 Å². The number of hydrogen-bond donors (Lipinski definition) is 2. The minimum Gasteiger partial charge on any atom is -0.356 e. The van der Waals surface area contributed by atoms with Crippen molar-refractivity contribution in [3.8, 4) is 0 Å². The molecular weight excluding hydrogens is 240 g/mol. The Morgan fingerprint density at radius 2 is 1.47 bits per heavy atom. The van der Waals surface area contributed by atoms with E-state index in [-0.39, 0.29) is 17.7 Å². The second-order valence-electron chi connectivity index (χ2n) is 4.14. The van der Waals surface area contributed by atoms with E-state index in [1.807, 2.05) is 34.6 Å². The Morgan fingerprint density at radius 3 is 1.74 bits per heavy atom. The average Bonchev–Trinajstić information content (AvgIpc) is 2.48. The van der Waals surface area contributed by atoms with E-state index >= 15 is 0 Å². The van der Waals surface area contributed by atoms with E-state index in [9.17, 15) is 9.59 Å². The molecule has 0 aromatic heterocycles. The molecule has 0 aromatic carbocycles. The normalized spacial score (nSPS) is 21.0. The van der Waals surface area contributed by atoms with Gasteiger partial charge in [-0.05, 0) is 25.7 Å². The van der Waals surface area contributed by atoms with E-state index in [1.54, 1.807) is 0 Å². The lowest BCUT2D eigenvalue weighted by atomic mass is 10.0. The van der Waals surface area contributed by atoms with Gasteiger partial charge in [0.15, 0.2) is 0 Å². The van der Waals surface area contributed by atoms with Crippen molar-refractivity contribution in [2.45, 2.75) is 66.7 Å². The van der Waals surface area contributed by atoms with Crippen molar-refractivity contribution in [1.82, 2.24) is 10.6 Å². The highest BCUT2D eigenvalue weighted by Crippen LogP contribution is 2.08. The Labute approximate surface area is 118 Å². The number of carbonyl (C=O) groups is 2. The van der Waals surface area contributed by atoms with E-state index in [1.165, 1.54) is 0 Å². The Hall–Kier alpha value is -1.06. The van der Waals surface area contributed by atoms with Gasteiger partial charge in [0.25, 0.3) is 0 Å². The van der Waals surface area contributed by atoms with Gasteiger partial charge < -0.3 is 10.6 Å². The predicted octanol–water partition coefficient (Wildman–Crippen LogP) is 2.87. The largest absolute Gasteiger partial charge is 0.356 e. The third kappa shape index (κ3) is 11.7. The van der Waals surface area contributed by atoms with E-state index in [2.05, 4.69) is 10.6 Å². The maximum atomic E-state index is 10.7. The number of rotatable bonds is 0. The highest BCUT2D eigenvalue weighted by atomic mass is 16.2. The minimum absolute atomic E-state index is 0.214. The molecule has 0 bridgehead atoms. The summed E-state index contributed by atoms with van der Waals surface area (Å²) in [7, 11) is 0. The molecule has 2 amide bonds. The number of carbonyl (C=O) groups excluding carboxylic acids is 2. The van der Waals surface area contributed by atoms with Crippen LogP contribution in [-0.2, 0) is 9.59 Å². The molecule has 1 atom stereocenters.